The monoisotopic (exact) mass is 332 g/mol. The van der Waals surface area contributed by atoms with E-state index in [0.717, 1.165) is 0 Å². The first kappa shape index (κ1) is 18.8. The third-order valence-corrected chi connectivity index (χ3v) is 4.06. The van der Waals surface area contributed by atoms with E-state index in [1.165, 1.54) is 12.1 Å². The molecule has 1 heterocycles. The van der Waals surface area contributed by atoms with Gasteiger partial charge in [0, 0.05) is 31.9 Å². The predicted molar refractivity (Wildman–Crippen MR) is 83.0 cm³/mol. The van der Waals surface area contributed by atoms with Crippen molar-refractivity contribution in [1.82, 2.24) is 5.32 Å². The number of rotatable bonds is 5. The largest absolute Gasteiger partial charge is 0.392 e. The lowest BCUT2D eigenvalue weighted by molar-refractivity contribution is -0.136. The molecule has 0 aromatic heterocycles. The van der Waals surface area contributed by atoms with Crippen molar-refractivity contribution in [2.24, 2.45) is 11.1 Å². The van der Waals surface area contributed by atoms with Gasteiger partial charge < -0.3 is 20.9 Å². The summed E-state index contributed by atoms with van der Waals surface area (Å²) in [5.41, 5.74) is 6.08. The zero-order chi connectivity index (χ0) is 15.3. The summed E-state index contributed by atoms with van der Waals surface area (Å²) in [6.07, 6.45) is 1.21. The topological polar surface area (TPSA) is 84.6 Å². The first-order chi connectivity index (χ1) is 10.1. The quantitative estimate of drug-likeness (QED) is 0.754. The van der Waals surface area contributed by atoms with E-state index in [4.69, 9.17) is 15.6 Å². The molecule has 0 atom stereocenters. The van der Waals surface area contributed by atoms with Crippen LogP contribution in [-0.2, 0) is 22.7 Å². The maximum atomic E-state index is 13.6. The number of halogens is 2. The fourth-order valence-electron chi connectivity index (χ4n) is 2.48. The molecule has 7 heteroatoms. The van der Waals surface area contributed by atoms with E-state index in [1.807, 2.05) is 0 Å². The molecule has 5 nitrogen and oxygen atoms in total. The summed E-state index contributed by atoms with van der Waals surface area (Å²) in [6.45, 7) is 1.24. The molecule has 0 spiro atoms. The highest BCUT2D eigenvalue weighted by molar-refractivity contribution is 5.85. The number of amides is 1. The maximum Gasteiger partial charge on any atom is 0.227 e. The Balaban J connectivity index is 0.00000242. The number of aliphatic hydroxyl groups is 1. The second-order valence-corrected chi connectivity index (χ2v) is 5.36. The van der Waals surface area contributed by atoms with Crippen LogP contribution in [0, 0.1) is 11.2 Å². The van der Waals surface area contributed by atoms with Gasteiger partial charge in [0.25, 0.3) is 0 Å². The summed E-state index contributed by atoms with van der Waals surface area (Å²) < 4.78 is 18.8. The van der Waals surface area contributed by atoms with Gasteiger partial charge in [-0.15, -0.1) is 12.4 Å². The molecule has 1 aliphatic heterocycles. The Morgan fingerprint density at radius 1 is 1.41 bits per heavy atom. The maximum absolute atomic E-state index is 13.6. The molecule has 0 unspecified atom stereocenters. The molecule has 1 aromatic rings. The van der Waals surface area contributed by atoms with Gasteiger partial charge in [-0.1, -0.05) is 12.1 Å². The minimum Gasteiger partial charge on any atom is -0.392 e. The number of hydrogen-bond acceptors (Lipinski definition) is 4. The molecule has 4 N–H and O–H groups in total. The third kappa shape index (κ3) is 4.16. The van der Waals surface area contributed by atoms with Gasteiger partial charge in [-0.05, 0) is 24.5 Å². The van der Waals surface area contributed by atoms with Gasteiger partial charge in [0.2, 0.25) is 5.91 Å². The van der Waals surface area contributed by atoms with Crippen molar-refractivity contribution in [3.63, 3.8) is 0 Å². The summed E-state index contributed by atoms with van der Waals surface area (Å²) in [5, 5.41) is 11.7. The van der Waals surface area contributed by atoms with Gasteiger partial charge in [0.05, 0.1) is 12.0 Å². The van der Waals surface area contributed by atoms with Crippen LogP contribution in [0.1, 0.15) is 24.0 Å². The molecule has 2 rings (SSSR count). The lowest BCUT2D eigenvalue weighted by Gasteiger charge is -2.34. The molecule has 0 saturated carbocycles. The van der Waals surface area contributed by atoms with Gasteiger partial charge in [-0.3, -0.25) is 4.79 Å². The predicted octanol–water partition coefficient (Wildman–Crippen LogP) is 1.11. The second-order valence-electron chi connectivity index (χ2n) is 5.36. The van der Waals surface area contributed by atoms with Crippen molar-refractivity contribution in [3.05, 3.63) is 35.1 Å². The highest BCUT2D eigenvalue weighted by Gasteiger charge is 2.38. The average molecular weight is 333 g/mol. The van der Waals surface area contributed by atoms with Crippen LogP contribution in [-0.4, -0.2) is 30.8 Å². The molecular weight excluding hydrogens is 311 g/mol. The molecule has 22 heavy (non-hydrogen) atoms. The molecule has 0 bridgehead atoms. The molecule has 1 aromatic carbocycles. The zero-order valence-electron chi connectivity index (χ0n) is 12.3. The Labute approximate surface area is 135 Å². The zero-order valence-corrected chi connectivity index (χ0v) is 13.1. The summed E-state index contributed by atoms with van der Waals surface area (Å²) >= 11 is 0. The Bertz CT molecular complexity index is 508. The van der Waals surface area contributed by atoms with Crippen LogP contribution in [0.15, 0.2) is 18.2 Å². The normalized spacial score (nSPS) is 16.7. The minimum atomic E-state index is -0.582. The van der Waals surface area contributed by atoms with E-state index < -0.39 is 11.2 Å². The van der Waals surface area contributed by atoms with Crippen molar-refractivity contribution in [2.45, 2.75) is 26.0 Å². The molecule has 1 amide bonds. The van der Waals surface area contributed by atoms with E-state index in [1.54, 1.807) is 6.07 Å². The van der Waals surface area contributed by atoms with Crippen molar-refractivity contribution < 1.29 is 19.0 Å². The van der Waals surface area contributed by atoms with Gasteiger partial charge in [0.1, 0.15) is 5.82 Å². The van der Waals surface area contributed by atoms with Gasteiger partial charge >= 0.3 is 0 Å². The molecular formula is C15H22ClFN2O3. The number of nitrogens with one attached hydrogen (secondary N) is 1. The van der Waals surface area contributed by atoms with Crippen LogP contribution < -0.4 is 11.1 Å². The van der Waals surface area contributed by atoms with E-state index in [9.17, 15) is 9.18 Å². The smallest absolute Gasteiger partial charge is 0.227 e. The highest BCUT2D eigenvalue weighted by atomic mass is 35.5. The third-order valence-electron chi connectivity index (χ3n) is 4.06. The Hall–Kier alpha value is -1.21. The summed E-state index contributed by atoms with van der Waals surface area (Å²) in [5.74, 6) is -0.580. The number of nitrogens with two attached hydrogens (primary N) is 1. The molecule has 124 valence electrons. The molecule has 1 fully saturated rings. The number of carbonyl (C=O) groups excluding carboxylic acids is 1. The fraction of sp³-hybridized carbons (Fsp3) is 0.533. The van der Waals surface area contributed by atoms with Crippen molar-refractivity contribution in [3.8, 4) is 0 Å². The Morgan fingerprint density at radius 3 is 2.64 bits per heavy atom. The Kier molecular flexibility index (Phi) is 7.22. The molecule has 1 aliphatic rings. The molecule has 0 aliphatic carbocycles. The van der Waals surface area contributed by atoms with Crippen molar-refractivity contribution in [2.75, 3.05) is 19.8 Å². The summed E-state index contributed by atoms with van der Waals surface area (Å²) in [6, 6.07) is 4.53. The van der Waals surface area contributed by atoms with Gasteiger partial charge in [0.15, 0.2) is 0 Å². The van der Waals surface area contributed by atoms with E-state index in [2.05, 4.69) is 5.32 Å². The molecule has 0 radical (unpaired) electrons. The second kappa shape index (κ2) is 8.43. The van der Waals surface area contributed by atoms with Crippen LogP contribution >= 0.6 is 12.4 Å². The number of hydrogen-bond donors (Lipinski definition) is 3. The average Bonchev–Trinajstić information content (AvgIpc) is 2.53. The van der Waals surface area contributed by atoms with Gasteiger partial charge in [-0.2, -0.15) is 0 Å². The first-order valence-corrected chi connectivity index (χ1v) is 7.05. The SMILES string of the molecule is Cl.NCC1(C(=O)NCc2ccc(CO)c(F)c2)CCOCC1. The lowest BCUT2D eigenvalue weighted by Crippen LogP contribution is -2.48. The van der Waals surface area contributed by atoms with Crippen LogP contribution in [0.3, 0.4) is 0 Å². The van der Waals surface area contributed by atoms with Crippen molar-refractivity contribution in [1.29, 1.82) is 0 Å². The van der Waals surface area contributed by atoms with Crippen LogP contribution in [0.2, 0.25) is 0 Å². The molecule has 1 saturated heterocycles. The van der Waals surface area contributed by atoms with Crippen LogP contribution in [0.5, 0.6) is 0 Å². The van der Waals surface area contributed by atoms with E-state index in [0.29, 0.717) is 31.6 Å². The lowest BCUT2D eigenvalue weighted by atomic mass is 9.79. The van der Waals surface area contributed by atoms with Gasteiger partial charge in [-0.25, -0.2) is 4.39 Å². The van der Waals surface area contributed by atoms with E-state index in [-0.39, 0.29) is 43.6 Å². The summed E-state index contributed by atoms with van der Waals surface area (Å²) in [7, 11) is 0. The minimum absolute atomic E-state index is 0. The standard InChI is InChI=1S/C15H21FN2O3.ClH/c16-13-7-11(1-2-12(13)9-19)8-18-14(20)15(10-17)3-5-21-6-4-15;/h1-2,7,19H,3-6,8-10,17H2,(H,18,20);1H. The van der Waals surface area contributed by atoms with Crippen LogP contribution in [0.25, 0.3) is 0 Å². The van der Waals surface area contributed by atoms with E-state index >= 15 is 0 Å². The highest BCUT2D eigenvalue weighted by Crippen LogP contribution is 2.29. The van der Waals surface area contributed by atoms with Crippen LogP contribution in [0.4, 0.5) is 4.39 Å². The fourth-order valence-corrected chi connectivity index (χ4v) is 2.48. The first-order valence-electron chi connectivity index (χ1n) is 7.05. The summed E-state index contributed by atoms with van der Waals surface area (Å²) in [4.78, 5) is 12.4. The number of carbonyl (C=O) groups is 1. The number of ether oxygens (including phenoxy) is 1. The number of aliphatic hydroxyl groups excluding tert-OH is 1. The Morgan fingerprint density at radius 2 is 2.09 bits per heavy atom. The van der Waals surface area contributed by atoms with Crippen molar-refractivity contribution >= 4 is 18.3 Å². The number of benzene rings is 1.